The van der Waals surface area contributed by atoms with Gasteiger partial charge in [0.05, 0.1) is 42.7 Å². The molecule has 210 valence electrons. The van der Waals surface area contributed by atoms with Crippen LogP contribution in [0.4, 0.5) is 38.0 Å². The highest BCUT2D eigenvalue weighted by molar-refractivity contribution is 5.93. The maximum absolute atomic E-state index is 13.2. The van der Waals surface area contributed by atoms with Gasteiger partial charge in [0.1, 0.15) is 5.56 Å². The lowest BCUT2D eigenvalue weighted by atomic mass is 10.1. The van der Waals surface area contributed by atoms with Crippen LogP contribution in [-0.4, -0.2) is 87.6 Å². The van der Waals surface area contributed by atoms with Crippen LogP contribution in [0.5, 0.6) is 0 Å². The monoisotopic (exact) mass is 553 g/mol. The highest BCUT2D eigenvalue weighted by Gasteiger charge is 2.38. The molecule has 0 spiro atoms. The van der Waals surface area contributed by atoms with Crippen molar-refractivity contribution >= 4 is 17.5 Å². The van der Waals surface area contributed by atoms with E-state index in [-0.39, 0.29) is 38.2 Å². The molecule has 1 amide bonds. The molecule has 0 bridgehead atoms. The zero-order valence-electron chi connectivity index (χ0n) is 20.0. The lowest BCUT2D eigenvalue weighted by molar-refractivity contribution is -0.139. The molecule has 3 heterocycles. The summed E-state index contributed by atoms with van der Waals surface area (Å²) in [6, 6.07) is -0.978. The average molecular weight is 553 g/mol. The number of rotatable bonds is 10. The second kappa shape index (κ2) is 12.0. The molecule has 0 aromatic carbocycles. The summed E-state index contributed by atoms with van der Waals surface area (Å²) in [6.45, 7) is 2.31. The van der Waals surface area contributed by atoms with Gasteiger partial charge in [0.15, 0.2) is 0 Å². The number of halogens is 6. The maximum Gasteiger partial charge on any atom is 0.423 e. The van der Waals surface area contributed by atoms with E-state index in [1.165, 1.54) is 11.8 Å². The Morgan fingerprint density at radius 1 is 1.11 bits per heavy atom. The van der Waals surface area contributed by atoms with Crippen molar-refractivity contribution in [3.05, 3.63) is 40.1 Å². The molecule has 3 N–H and O–H groups in total. The first kappa shape index (κ1) is 29.2. The Balaban J connectivity index is 1.45. The summed E-state index contributed by atoms with van der Waals surface area (Å²) in [5, 5.41) is 17.5. The highest BCUT2D eigenvalue weighted by atomic mass is 19.4. The third-order valence-electron chi connectivity index (χ3n) is 5.63. The van der Waals surface area contributed by atoms with Crippen LogP contribution in [-0.2, 0) is 21.9 Å². The Bertz CT molecular complexity index is 1140. The Kier molecular flexibility index (Phi) is 9.26. The van der Waals surface area contributed by atoms with E-state index in [9.17, 15) is 41.0 Å². The number of carbonyl (C=O) groups is 1. The molecule has 1 fully saturated rings. The van der Waals surface area contributed by atoms with E-state index in [4.69, 9.17) is 4.74 Å². The maximum atomic E-state index is 13.2. The zero-order chi connectivity index (χ0) is 28.1. The summed E-state index contributed by atoms with van der Waals surface area (Å²) in [5.74, 6) is -0.505. The van der Waals surface area contributed by atoms with Gasteiger partial charge in [-0.25, -0.2) is 15.1 Å². The van der Waals surface area contributed by atoms with Crippen LogP contribution in [0.15, 0.2) is 23.4 Å². The van der Waals surface area contributed by atoms with Crippen LogP contribution in [0.3, 0.4) is 0 Å². The summed E-state index contributed by atoms with van der Waals surface area (Å²) < 4.78 is 83.2. The fourth-order valence-corrected chi connectivity index (χ4v) is 3.62. The number of ether oxygens (including phenoxy) is 1. The van der Waals surface area contributed by atoms with Gasteiger partial charge in [-0.1, -0.05) is 0 Å². The first-order valence-corrected chi connectivity index (χ1v) is 11.4. The Hall–Kier alpha value is -3.31. The van der Waals surface area contributed by atoms with Crippen LogP contribution in [0.1, 0.15) is 24.5 Å². The fraction of sp³-hybridized carbons (Fsp3) is 0.571. The predicted molar refractivity (Wildman–Crippen MR) is 120 cm³/mol. The minimum atomic E-state index is -4.94. The molecule has 1 saturated heterocycles. The number of amides is 1. The Morgan fingerprint density at radius 3 is 2.37 bits per heavy atom. The molecule has 0 radical (unpaired) electrons. The number of nitrogens with one attached hydrogen (secondary N) is 2. The van der Waals surface area contributed by atoms with Gasteiger partial charge in [-0.2, -0.15) is 31.4 Å². The van der Waals surface area contributed by atoms with E-state index in [1.807, 2.05) is 0 Å². The van der Waals surface area contributed by atoms with Gasteiger partial charge in [-0.05, 0) is 13.3 Å². The second-order valence-corrected chi connectivity index (χ2v) is 8.50. The largest absolute Gasteiger partial charge is 0.423 e. The van der Waals surface area contributed by atoms with Gasteiger partial charge in [-0.3, -0.25) is 19.4 Å². The first-order chi connectivity index (χ1) is 17.8. The summed E-state index contributed by atoms with van der Waals surface area (Å²) in [5.41, 5.74) is -4.50. The van der Waals surface area contributed by atoms with E-state index in [1.54, 1.807) is 10.00 Å². The molecule has 0 aliphatic carbocycles. The standard InChI is InChI=1S/C21H25F6N7O4/c1-12(35)15(31-14-9-30-32-18(37)17(14)21(25,26)27)11-38-6-2-3-33-4-5-34(16(36)10-33)19-28-7-13(8-29-19)20(22,23)24/h7-9,12,15,35H,2-6,10-11H2,1H3,(H2,31,32,37)/t12-,15+/m0/s1. The smallest absolute Gasteiger partial charge is 0.391 e. The number of alkyl halides is 6. The summed E-state index contributed by atoms with van der Waals surface area (Å²) in [6.07, 6.45) is -8.19. The zero-order valence-corrected chi connectivity index (χ0v) is 20.0. The van der Waals surface area contributed by atoms with Gasteiger partial charge in [0.2, 0.25) is 11.9 Å². The number of anilines is 2. The van der Waals surface area contributed by atoms with Gasteiger partial charge in [-0.15, -0.1) is 0 Å². The molecule has 38 heavy (non-hydrogen) atoms. The van der Waals surface area contributed by atoms with Crippen LogP contribution in [0.25, 0.3) is 0 Å². The van der Waals surface area contributed by atoms with Crippen molar-refractivity contribution in [1.29, 1.82) is 0 Å². The number of piperazine rings is 1. The molecule has 2 aromatic rings. The van der Waals surface area contributed by atoms with Crippen molar-refractivity contribution in [2.24, 2.45) is 0 Å². The van der Waals surface area contributed by atoms with Gasteiger partial charge in [0, 0.05) is 38.6 Å². The SMILES string of the molecule is C[C@H](O)[C@@H](COCCCN1CCN(c2ncc(C(F)(F)F)cn2)C(=O)C1)Nc1cn[nH]c(=O)c1C(F)(F)F. The van der Waals surface area contributed by atoms with Crippen molar-refractivity contribution in [3.63, 3.8) is 0 Å². The third kappa shape index (κ3) is 7.61. The minimum absolute atomic E-state index is 0.0159. The van der Waals surface area contributed by atoms with Crippen molar-refractivity contribution in [2.45, 2.75) is 37.8 Å². The number of aliphatic hydroxyl groups is 1. The van der Waals surface area contributed by atoms with E-state index in [0.717, 1.165) is 6.20 Å². The van der Waals surface area contributed by atoms with E-state index < -0.39 is 46.9 Å². The molecule has 3 rings (SSSR count). The average Bonchev–Trinajstić information content (AvgIpc) is 2.82. The summed E-state index contributed by atoms with van der Waals surface area (Å²) in [7, 11) is 0. The Morgan fingerprint density at radius 2 is 1.79 bits per heavy atom. The lowest BCUT2D eigenvalue weighted by Gasteiger charge is -2.33. The van der Waals surface area contributed by atoms with E-state index in [0.29, 0.717) is 31.9 Å². The second-order valence-electron chi connectivity index (χ2n) is 8.50. The quantitative estimate of drug-likeness (QED) is 0.296. The molecular formula is C21H25F6N7O4. The van der Waals surface area contributed by atoms with Crippen molar-refractivity contribution in [2.75, 3.05) is 49.6 Å². The number of H-pyrrole nitrogens is 1. The van der Waals surface area contributed by atoms with Crippen molar-refractivity contribution < 1.29 is 41.0 Å². The number of hydrogen-bond acceptors (Lipinski definition) is 9. The molecule has 2 aromatic heterocycles. The van der Waals surface area contributed by atoms with Crippen LogP contribution in [0.2, 0.25) is 0 Å². The predicted octanol–water partition coefficient (Wildman–Crippen LogP) is 1.51. The molecular weight excluding hydrogens is 528 g/mol. The lowest BCUT2D eigenvalue weighted by Crippen LogP contribution is -2.51. The number of aromatic nitrogens is 4. The molecule has 2 atom stereocenters. The van der Waals surface area contributed by atoms with Crippen molar-refractivity contribution in [3.8, 4) is 0 Å². The number of aliphatic hydroxyl groups excluding tert-OH is 1. The normalized spacial score (nSPS) is 16.9. The minimum Gasteiger partial charge on any atom is -0.391 e. The van der Waals surface area contributed by atoms with E-state index in [2.05, 4.69) is 20.4 Å². The van der Waals surface area contributed by atoms with Gasteiger partial charge >= 0.3 is 12.4 Å². The number of aromatic amines is 1. The molecule has 1 aliphatic heterocycles. The van der Waals surface area contributed by atoms with E-state index >= 15 is 0 Å². The molecule has 0 unspecified atom stereocenters. The van der Waals surface area contributed by atoms with Gasteiger partial charge < -0.3 is 15.2 Å². The van der Waals surface area contributed by atoms with Gasteiger partial charge in [0.25, 0.3) is 5.56 Å². The molecule has 0 saturated carbocycles. The summed E-state index contributed by atoms with van der Waals surface area (Å²) in [4.78, 5) is 34.3. The fourth-order valence-electron chi connectivity index (χ4n) is 3.62. The van der Waals surface area contributed by atoms with Crippen molar-refractivity contribution in [1.82, 2.24) is 25.1 Å². The Labute approximate surface area is 211 Å². The van der Waals surface area contributed by atoms with Crippen LogP contribution < -0.4 is 15.8 Å². The topological polar surface area (TPSA) is 137 Å². The molecule has 17 heteroatoms. The highest BCUT2D eigenvalue weighted by Crippen LogP contribution is 2.32. The number of hydrogen-bond donors (Lipinski definition) is 3. The number of nitrogens with zero attached hydrogens (tertiary/aromatic N) is 5. The van der Waals surface area contributed by atoms with Crippen LogP contribution in [0, 0.1) is 0 Å². The molecule has 11 nitrogen and oxygen atoms in total. The molecule has 1 aliphatic rings. The third-order valence-corrected chi connectivity index (χ3v) is 5.63. The first-order valence-electron chi connectivity index (χ1n) is 11.4. The summed E-state index contributed by atoms with van der Waals surface area (Å²) >= 11 is 0. The van der Waals surface area contributed by atoms with Crippen LogP contribution >= 0.6 is 0 Å². The number of carbonyl (C=O) groups excluding carboxylic acids is 1.